The standard InChI is InChI=1S/C25H33F3N8O/c1-29-17-7-6-8-18(13-17)33-23(30-2)20(25(26,27)28)14-31-16-32-21-9-10-22(34-24(21)37-5)36(4)19-11-12-35(3)15-19/h6-10,13-14,19,29,32-33H,2,11-12,15-16H2,1,3-5H3/b23-20-,31-14?. The molecule has 2 heterocycles. The van der Waals surface area contributed by atoms with Crippen LogP contribution in [0.4, 0.5) is 36.1 Å². The normalized spacial score (nSPS) is 16.9. The van der Waals surface area contributed by atoms with Gasteiger partial charge >= 0.3 is 6.18 Å². The van der Waals surface area contributed by atoms with E-state index in [9.17, 15) is 13.2 Å². The van der Waals surface area contributed by atoms with Gasteiger partial charge in [0.2, 0.25) is 5.88 Å². The van der Waals surface area contributed by atoms with E-state index in [1.54, 1.807) is 37.4 Å². The highest BCUT2D eigenvalue weighted by atomic mass is 19.4. The molecule has 0 amide bonds. The maximum absolute atomic E-state index is 13.8. The zero-order valence-electron chi connectivity index (χ0n) is 21.4. The zero-order chi connectivity index (χ0) is 27.0. The topological polar surface area (TPSA) is 89.4 Å². The van der Waals surface area contributed by atoms with Crippen molar-refractivity contribution in [2.24, 2.45) is 9.98 Å². The summed E-state index contributed by atoms with van der Waals surface area (Å²) in [6, 6.07) is 10.7. The molecule has 2 aromatic rings. The second kappa shape index (κ2) is 12.4. The van der Waals surface area contributed by atoms with Crippen LogP contribution in [0.5, 0.6) is 5.88 Å². The van der Waals surface area contributed by atoms with Crippen LogP contribution >= 0.6 is 0 Å². The van der Waals surface area contributed by atoms with Crippen molar-refractivity contribution in [3.8, 4) is 5.88 Å². The minimum absolute atomic E-state index is 0.139. The Morgan fingerprint density at radius 1 is 1.30 bits per heavy atom. The molecule has 3 N–H and O–H groups in total. The molecule has 12 heteroatoms. The van der Waals surface area contributed by atoms with Crippen molar-refractivity contribution in [2.75, 3.05) is 68.9 Å². The molecule has 200 valence electrons. The number of aromatic nitrogens is 1. The third-order valence-corrected chi connectivity index (χ3v) is 6.03. The number of hydrogen-bond acceptors (Lipinski definition) is 9. The largest absolute Gasteiger partial charge is 0.479 e. The van der Waals surface area contributed by atoms with Crippen LogP contribution in [-0.4, -0.2) is 83.0 Å². The fraction of sp³-hybridized carbons (Fsp3) is 0.400. The lowest BCUT2D eigenvalue weighted by Crippen LogP contribution is -2.34. The molecule has 1 atom stereocenters. The quantitative estimate of drug-likeness (QED) is 0.382. The van der Waals surface area contributed by atoms with E-state index in [0.717, 1.165) is 37.2 Å². The van der Waals surface area contributed by atoms with E-state index >= 15 is 0 Å². The van der Waals surface area contributed by atoms with Crippen molar-refractivity contribution in [3.05, 3.63) is 47.8 Å². The Hall–Kier alpha value is -3.80. The first-order valence-corrected chi connectivity index (χ1v) is 11.7. The van der Waals surface area contributed by atoms with Gasteiger partial charge in [-0.25, -0.2) is 4.99 Å². The SMILES string of the molecule is C=N/C(Nc1cccc(NC)c1)=C(\C=NCNc1ccc(N(C)C2CCN(C)C2)nc1OC)C(F)(F)F. The highest BCUT2D eigenvalue weighted by Crippen LogP contribution is 2.30. The number of benzene rings is 1. The molecule has 1 aromatic carbocycles. The summed E-state index contributed by atoms with van der Waals surface area (Å²) in [4.78, 5) is 16.4. The number of hydrogen-bond donors (Lipinski definition) is 3. The molecular weight excluding hydrogens is 485 g/mol. The van der Waals surface area contributed by atoms with Crippen LogP contribution < -0.4 is 25.6 Å². The highest BCUT2D eigenvalue weighted by molar-refractivity contribution is 5.83. The Morgan fingerprint density at radius 2 is 2.05 bits per heavy atom. The molecule has 0 bridgehead atoms. The van der Waals surface area contributed by atoms with E-state index in [1.807, 2.05) is 13.1 Å². The van der Waals surface area contributed by atoms with Gasteiger partial charge in [0.25, 0.3) is 0 Å². The average Bonchev–Trinajstić information content (AvgIpc) is 3.32. The third kappa shape index (κ3) is 7.35. The molecule has 1 aliphatic heterocycles. The summed E-state index contributed by atoms with van der Waals surface area (Å²) in [5.74, 6) is 0.634. The van der Waals surface area contributed by atoms with E-state index in [2.05, 4.69) is 54.5 Å². The summed E-state index contributed by atoms with van der Waals surface area (Å²) in [7, 11) is 7.28. The van der Waals surface area contributed by atoms with Gasteiger partial charge in [-0.1, -0.05) is 6.07 Å². The smallest absolute Gasteiger partial charge is 0.421 e. The summed E-state index contributed by atoms with van der Waals surface area (Å²) in [6.07, 6.45) is -2.93. The number of ether oxygens (including phenoxy) is 1. The Bertz CT molecular complexity index is 1140. The number of alkyl halides is 3. The average molecular weight is 519 g/mol. The Kier molecular flexibility index (Phi) is 9.34. The van der Waals surface area contributed by atoms with Gasteiger partial charge in [0.15, 0.2) is 0 Å². The lowest BCUT2D eigenvalue weighted by Gasteiger charge is -2.26. The van der Waals surface area contributed by atoms with Crippen LogP contribution in [0, 0.1) is 0 Å². The highest BCUT2D eigenvalue weighted by Gasteiger charge is 2.36. The molecule has 1 fully saturated rings. The van der Waals surface area contributed by atoms with Gasteiger partial charge in [-0.15, -0.1) is 0 Å². The fourth-order valence-corrected chi connectivity index (χ4v) is 3.95. The van der Waals surface area contributed by atoms with E-state index in [-0.39, 0.29) is 6.67 Å². The molecule has 9 nitrogen and oxygen atoms in total. The van der Waals surface area contributed by atoms with Crippen molar-refractivity contribution < 1.29 is 17.9 Å². The number of likely N-dealkylation sites (N-methyl/N-ethyl adjacent to an activating group) is 2. The summed E-state index contributed by atoms with van der Waals surface area (Å²) in [5, 5.41) is 8.56. The molecule has 3 rings (SSSR count). The van der Waals surface area contributed by atoms with Gasteiger partial charge in [-0.3, -0.25) is 4.99 Å². The maximum atomic E-state index is 13.8. The molecule has 1 saturated heterocycles. The van der Waals surface area contributed by atoms with Crippen LogP contribution in [0.2, 0.25) is 0 Å². The molecular formula is C25H33F3N8O. The molecule has 1 aliphatic rings. The van der Waals surface area contributed by atoms with Crippen LogP contribution in [0.3, 0.4) is 0 Å². The van der Waals surface area contributed by atoms with E-state index in [4.69, 9.17) is 4.74 Å². The number of pyridine rings is 1. The van der Waals surface area contributed by atoms with Crippen molar-refractivity contribution >= 4 is 35.8 Å². The third-order valence-electron chi connectivity index (χ3n) is 6.03. The number of nitrogens with one attached hydrogen (secondary N) is 3. The van der Waals surface area contributed by atoms with Gasteiger partial charge in [0, 0.05) is 44.3 Å². The second-order valence-corrected chi connectivity index (χ2v) is 8.56. The first-order valence-electron chi connectivity index (χ1n) is 11.7. The van der Waals surface area contributed by atoms with Gasteiger partial charge in [0.05, 0.1) is 12.8 Å². The van der Waals surface area contributed by atoms with E-state index in [0.29, 0.717) is 23.3 Å². The van der Waals surface area contributed by atoms with Crippen molar-refractivity contribution in [1.82, 2.24) is 9.88 Å². The fourth-order valence-electron chi connectivity index (χ4n) is 3.95. The van der Waals surface area contributed by atoms with Crippen molar-refractivity contribution in [1.29, 1.82) is 0 Å². The van der Waals surface area contributed by atoms with Gasteiger partial charge in [-0.05, 0) is 57.1 Å². The molecule has 1 aromatic heterocycles. The molecule has 0 spiro atoms. The predicted octanol–water partition coefficient (Wildman–Crippen LogP) is 4.30. The predicted molar refractivity (Wildman–Crippen MR) is 144 cm³/mol. The molecule has 0 aliphatic carbocycles. The molecule has 0 radical (unpaired) electrons. The van der Waals surface area contributed by atoms with Crippen LogP contribution in [0.1, 0.15) is 6.42 Å². The van der Waals surface area contributed by atoms with E-state index in [1.165, 1.54) is 7.11 Å². The first kappa shape index (κ1) is 27.8. The summed E-state index contributed by atoms with van der Waals surface area (Å²) < 4.78 is 46.8. The van der Waals surface area contributed by atoms with Crippen LogP contribution in [0.25, 0.3) is 0 Å². The van der Waals surface area contributed by atoms with Crippen molar-refractivity contribution in [2.45, 2.75) is 18.6 Å². The first-order chi connectivity index (χ1) is 17.7. The molecule has 1 unspecified atom stereocenters. The molecule has 37 heavy (non-hydrogen) atoms. The number of aliphatic imine (C=N–C) groups is 2. The summed E-state index contributed by atoms with van der Waals surface area (Å²) >= 11 is 0. The Labute approximate surface area is 215 Å². The lowest BCUT2D eigenvalue weighted by molar-refractivity contribution is -0.0863. The second-order valence-electron chi connectivity index (χ2n) is 8.56. The maximum Gasteiger partial charge on any atom is 0.421 e. The summed E-state index contributed by atoms with van der Waals surface area (Å²) in [5.41, 5.74) is 0.618. The monoisotopic (exact) mass is 518 g/mol. The number of anilines is 4. The van der Waals surface area contributed by atoms with Crippen molar-refractivity contribution in [3.63, 3.8) is 0 Å². The Balaban J connectivity index is 1.73. The molecule has 0 saturated carbocycles. The van der Waals surface area contributed by atoms with Gasteiger partial charge < -0.3 is 30.5 Å². The zero-order valence-corrected chi connectivity index (χ0v) is 21.4. The van der Waals surface area contributed by atoms with Crippen LogP contribution in [-0.2, 0) is 0 Å². The Morgan fingerprint density at radius 3 is 2.68 bits per heavy atom. The number of likely N-dealkylation sites (tertiary alicyclic amines) is 1. The number of halogens is 3. The minimum Gasteiger partial charge on any atom is -0.479 e. The van der Waals surface area contributed by atoms with Gasteiger partial charge in [0.1, 0.15) is 23.9 Å². The summed E-state index contributed by atoms with van der Waals surface area (Å²) in [6.45, 7) is 5.13. The van der Waals surface area contributed by atoms with Gasteiger partial charge in [-0.2, -0.15) is 18.2 Å². The minimum atomic E-state index is -4.70. The van der Waals surface area contributed by atoms with Crippen LogP contribution in [0.15, 0.2) is 57.8 Å². The number of rotatable bonds is 11. The number of methoxy groups -OCH3 is 1. The van der Waals surface area contributed by atoms with E-state index < -0.39 is 17.6 Å². The number of nitrogens with zero attached hydrogens (tertiary/aromatic N) is 5. The lowest BCUT2D eigenvalue weighted by atomic mass is 10.2. The number of allylic oxidation sites excluding steroid dienone is 1.